The standard InChI is InChI=1S/C25H20Cl2NO4/c1-29-24-14-19-21(15-25(24)30-2)28-10-8-22(19)32-18-5-3-4-16(12-18)9-11-31-23-7-6-17(26)13-20(23)27/h3,5-8,10,12-15H,9,11H2,1-2H3. The number of nitrogens with zero attached hydrogens (tertiary/aromatic N) is 1. The first-order valence-electron chi connectivity index (χ1n) is 9.84. The molecule has 7 heteroatoms. The zero-order valence-corrected chi connectivity index (χ0v) is 19.0. The van der Waals surface area contributed by atoms with Crippen molar-refractivity contribution >= 4 is 34.1 Å². The van der Waals surface area contributed by atoms with Gasteiger partial charge in [-0.15, -0.1) is 0 Å². The largest absolute Gasteiger partial charge is 0.493 e. The molecule has 1 heterocycles. The van der Waals surface area contributed by atoms with E-state index in [1.54, 1.807) is 38.6 Å². The van der Waals surface area contributed by atoms with Crippen molar-refractivity contribution in [3.8, 4) is 28.7 Å². The van der Waals surface area contributed by atoms with E-state index >= 15 is 0 Å². The topological polar surface area (TPSA) is 49.8 Å². The predicted molar refractivity (Wildman–Crippen MR) is 126 cm³/mol. The highest BCUT2D eigenvalue weighted by Gasteiger charge is 2.12. The zero-order valence-electron chi connectivity index (χ0n) is 17.5. The summed E-state index contributed by atoms with van der Waals surface area (Å²) in [6.45, 7) is 0.441. The zero-order chi connectivity index (χ0) is 22.5. The van der Waals surface area contributed by atoms with Crippen LogP contribution < -0.4 is 18.9 Å². The lowest BCUT2D eigenvalue weighted by atomic mass is 10.1. The lowest BCUT2D eigenvalue weighted by Gasteiger charge is -2.13. The number of halogens is 2. The van der Waals surface area contributed by atoms with E-state index in [1.807, 2.05) is 36.4 Å². The number of benzene rings is 3. The Balaban J connectivity index is 1.49. The molecule has 32 heavy (non-hydrogen) atoms. The molecule has 0 saturated heterocycles. The second-order valence-electron chi connectivity index (χ2n) is 6.86. The van der Waals surface area contributed by atoms with E-state index in [9.17, 15) is 0 Å². The Kier molecular flexibility index (Phi) is 6.88. The predicted octanol–water partition coefficient (Wildman–Crippen LogP) is 6.77. The number of fused-ring (bicyclic) bond motifs is 1. The minimum atomic E-state index is 0.441. The second-order valence-corrected chi connectivity index (χ2v) is 7.70. The first-order chi connectivity index (χ1) is 15.6. The van der Waals surface area contributed by atoms with Crippen molar-refractivity contribution in [1.82, 2.24) is 4.98 Å². The number of aromatic nitrogens is 1. The van der Waals surface area contributed by atoms with Crippen LogP contribution in [0.2, 0.25) is 10.0 Å². The average Bonchev–Trinajstić information content (AvgIpc) is 2.80. The normalized spacial score (nSPS) is 10.8. The Labute approximate surface area is 196 Å². The molecule has 0 aliphatic rings. The fourth-order valence-electron chi connectivity index (χ4n) is 3.23. The van der Waals surface area contributed by atoms with Gasteiger partial charge in [0.05, 0.1) is 31.4 Å². The summed E-state index contributed by atoms with van der Waals surface area (Å²) in [6.07, 6.45) is 2.33. The first-order valence-corrected chi connectivity index (χ1v) is 10.6. The lowest BCUT2D eigenvalue weighted by molar-refractivity contribution is 0.322. The fourth-order valence-corrected chi connectivity index (χ4v) is 3.69. The van der Waals surface area contributed by atoms with Crippen LogP contribution in [0.25, 0.3) is 10.9 Å². The van der Waals surface area contributed by atoms with Crippen LogP contribution in [-0.2, 0) is 6.42 Å². The van der Waals surface area contributed by atoms with Gasteiger partial charge in [-0.25, -0.2) is 0 Å². The third-order valence-corrected chi connectivity index (χ3v) is 5.32. The molecule has 1 radical (unpaired) electrons. The molecular formula is C25H20Cl2NO4. The van der Waals surface area contributed by atoms with E-state index < -0.39 is 0 Å². The van der Waals surface area contributed by atoms with Gasteiger partial charge in [0.2, 0.25) is 0 Å². The molecule has 0 bridgehead atoms. The van der Waals surface area contributed by atoms with Crippen molar-refractivity contribution in [3.05, 3.63) is 82.5 Å². The van der Waals surface area contributed by atoms with Gasteiger partial charge < -0.3 is 18.9 Å². The number of hydrogen-bond acceptors (Lipinski definition) is 5. The SMILES string of the molecule is COc1cc2nccc(Oc3cc[c]c(CCOc4ccc(Cl)cc4Cl)c3)c2cc1OC. The van der Waals surface area contributed by atoms with E-state index in [2.05, 4.69) is 11.1 Å². The summed E-state index contributed by atoms with van der Waals surface area (Å²) in [4.78, 5) is 4.41. The smallest absolute Gasteiger partial charge is 0.162 e. The van der Waals surface area contributed by atoms with E-state index in [1.165, 1.54) is 0 Å². The molecule has 4 aromatic rings. The highest BCUT2D eigenvalue weighted by molar-refractivity contribution is 6.35. The van der Waals surface area contributed by atoms with Crippen molar-refractivity contribution in [3.63, 3.8) is 0 Å². The molecule has 0 N–H and O–H groups in total. The Morgan fingerprint density at radius 3 is 2.47 bits per heavy atom. The molecule has 1 aromatic heterocycles. The van der Waals surface area contributed by atoms with Gasteiger partial charge >= 0.3 is 0 Å². The monoisotopic (exact) mass is 468 g/mol. The maximum atomic E-state index is 6.17. The van der Waals surface area contributed by atoms with Crippen molar-refractivity contribution in [2.45, 2.75) is 6.42 Å². The van der Waals surface area contributed by atoms with Crippen LogP contribution in [0, 0.1) is 6.07 Å². The van der Waals surface area contributed by atoms with Crippen molar-refractivity contribution in [2.75, 3.05) is 20.8 Å². The molecule has 0 amide bonds. The van der Waals surface area contributed by atoms with E-state index in [4.69, 9.17) is 42.1 Å². The number of pyridine rings is 1. The maximum Gasteiger partial charge on any atom is 0.162 e. The fraction of sp³-hybridized carbons (Fsp3) is 0.160. The average molecular weight is 469 g/mol. The number of methoxy groups -OCH3 is 2. The minimum Gasteiger partial charge on any atom is -0.493 e. The molecular weight excluding hydrogens is 449 g/mol. The van der Waals surface area contributed by atoms with E-state index in [-0.39, 0.29) is 0 Å². The van der Waals surface area contributed by atoms with Gasteiger partial charge in [0.15, 0.2) is 11.5 Å². The molecule has 0 aliphatic carbocycles. The molecule has 0 unspecified atom stereocenters. The second kappa shape index (κ2) is 9.98. The Morgan fingerprint density at radius 1 is 0.875 bits per heavy atom. The molecule has 4 rings (SSSR count). The van der Waals surface area contributed by atoms with Gasteiger partial charge in [-0.05, 0) is 54.1 Å². The molecule has 163 valence electrons. The number of rotatable bonds is 8. The summed E-state index contributed by atoms with van der Waals surface area (Å²) < 4.78 is 22.7. The molecule has 0 saturated carbocycles. The van der Waals surface area contributed by atoms with Crippen LogP contribution in [-0.4, -0.2) is 25.8 Å². The van der Waals surface area contributed by atoms with Crippen LogP contribution in [0.5, 0.6) is 28.7 Å². The Hall–Kier alpha value is -3.15. The summed E-state index contributed by atoms with van der Waals surface area (Å²) in [5, 5.41) is 1.87. The minimum absolute atomic E-state index is 0.441. The molecule has 0 atom stereocenters. The molecule has 0 spiro atoms. The van der Waals surface area contributed by atoms with Gasteiger partial charge in [0, 0.05) is 29.1 Å². The van der Waals surface area contributed by atoms with Gasteiger partial charge in [0.1, 0.15) is 17.2 Å². The summed E-state index contributed by atoms with van der Waals surface area (Å²) in [5.74, 6) is 3.17. The first kappa shape index (κ1) is 22.1. The van der Waals surface area contributed by atoms with Gasteiger partial charge in [-0.2, -0.15) is 0 Å². The third kappa shape index (κ3) is 5.01. The number of hydrogen-bond donors (Lipinski definition) is 0. The molecule has 0 aliphatic heterocycles. The van der Waals surface area contributed by atoms with Crippen LogP contribution in [0.1, 0.15) is 5.56 Å². The summed E-state index contributed by atoms with van der Waals surface area (Å²) in [7, 11) is 3.19. The quantitative estimate of drug-likeness (QED) is 0.285. The van der Waals surface area contributed by atoms with Crippen molar-refractivity contribution < 1.29 is 18.9 Å². The maximum absolute atomic E-state index is 6.17. The van der Waals surface area contributed by atoms with E-state index in [0.29, 0.717) is 51.8 Å². The van der Waals surface area contributed by atoms with Gasteiger partial charge in [-0.3, -0.25) is 4.98 Å². The molecule has 5 nitrogen and oxygen atoms in total. The summed E-state index contributed by atoms with van der Waals surface area (Å²) in [6, 6.07) is 19.5. The Morgan fingerprint density at radius 2 is 1.69 bits per heavy atom. The van der Waals surface area contributed by atoms with E-state index in [0.717, 1.165) is 16.5 Å². The van der Waals surface area contributed by atoms with Gasteiger partial charge in [-0.1, -0.05) is 29.3 Å². The lowest BCUT2D eigenvalue weighted by Crippen LogP contribution is -2.02. The van der Waals surface area contributed by atoms with Gasteiger partial charge in [0.25, 0.3) is 0 Å². The summed E-state index contributed by atoms with van der Waals surface area (Å²) >= 11 is 12.1. The van der Waals surface area contributed by atoms with Crippen molar-refractivity contribution in [2.24, 2.45) is 0 Å². The Bertz CT molecular complexity index is 1250. The van der Waals surface area contributed by atoms with Crippen LogP contribution in [0.3, 0.4) is 0 Å². The van der Waals surface area contributed by atoms with Crippen LogP contribution >= 0.6 is 23.2 Å². The highest BCUT2D eigenvalue weighted by Crippen LogP contribution is 2.37. The third-order valence-electron chi connectivity index (χ3n) is 4.79. The highest BCUT2D eigenvalue weighted by atomic mass is 35.5. The molecule has 0 fully saturated rings. The number of ether oxygens (including phenoxy) is 4. The van der Waals surface area contributed by atoms with Crippen LogP contribution in [0.4, 0.5) is 0 Å². The van der Waals surface area contributed by atoms with Crippen LogP contribution in [0.15, 0.2) is 60.8 Å². The summed E-state index contributed by atoms with van der Waals surface area (Å²) in [5.41, 5.74) is 1.70. The van der Waals surface area contributed by atoms with Crippen molar-refractivity contribution in [1.29, 1.82) is 0 Å². The molecule has 3 aromatic carbocycles.